The summed E-state index contributed by atoms with van der Waals surface area (Å²) in [6.07, 6.45) is 0.908. The van der Waals surface area contributed by atoms with Crippen LogP contribution in [0.15, 0.2) is 0 Å². The minimum absolute atomic E-state index is 0.259. The zero-order chi connectivity index (χ0) is 14.5. The van der Waals surface area contributed by atoms with E-state index in [9.17, 15) is 0 Å². The molecule has 0 aliphatic carbocycles. The number of likely N-dealkylation sites (tertiary alicyclic amines) is 1. The number of likely N-dealkylation sites (N-methyl/N-ethyl adjacent to an activating group) is 1. The third-order valence-corrected chi connectivity index (χ3v) is 4.56. The van der Waals surface area contributed by atoms with E-state index >= 15 is 0 Å². The van der Waals surface area contributed by atoms with Gasteiger partial charge in [0.05, 0.1) is 5.54 Å². The number of methoxy groups -OCH3 is 2. The molecule has 1 heterocycles. The Morgan fingerprint density at radius 3 is 2.32 bits per heavy atom. The summed E-state index contributed by atoms with van der Waals surface area (Å²) in [6, 6.07) is 0.621. The van der Waals surface area contributed by atoms with Crippen LogP contribution in [0.3, 0.4) is 0 Å². The van der Waals surface area contributed by atoms with Crippen LogP contribution in [0.1, 0.15) is 27.2 Å². The molecule has 1 aliphatic heterocycles. The molecule has 0 amide bonds. The minimum Gasteiger partial charge on any atom is -0.354 e. The first kappa shape index (κ1) is 16.9. The summed E-state index contributed by atoms with van der Waals surface area (Å²) in [5.74, 6) is 0. The average Bonchev–Trinajstić information content (AvgIpc) is 2.91. The fraction of sp³-hybridized carbons (Fsp3) is 1.00. The van der Waals surface area contributed by atoms with Crippen molar-refractivity contribution in [2.75, 3.05) is 46.9 Å². The normalized spacial score (nSPS) is 24.3. The molecule has 1 aliphatic rings. The highest BCUT2D eigenvalue weighted by atomic mass is 16.7. The van der Waals surface area contributed by atoms with Crippen molar-refractivity contribution in [3.63, 3.8) is 0 Å². The van der Waals surface area contributed by atoms with Crippen molar-refractivity contribution in [2.24, 2.45) is 5.73 Å². The van der Waals surface area contributed by atoms with Crippen molar-refractivity contribution >= 4 is 0 Å². The summed E-state index contributed by atoms with van der Waals surface area (Å²) < 4.78 is 10.9. The molecular formula is C14H31N3O2. The lowest BCUT2D eigenvalue weighted by Gasteiger charge is -2.42. The molecule has 114 valence electrons. The summed E-state index contributed by atoms with van der Waals surface area (Å²) in [5, 5.41) is 0. The number of hydrogen-bond acceptors (Lipinski definition) is 5. The molecule has 0 radical (unpaired) electrons. The lowest BCUT2D eigenvalue weighted by molar-refractivity contribution is -0.178. The molecule has 5 nitrogen and oxygen atoms in total. The van der Waals surface area contributed by atoms with Gasteiger partial charge in [0.15, 0.2) is 6.29 Å². The van der Waals surface area contributed by atoms with Crippen LogP contribution in [-0.2, 0) is 9.47 Å². The van der Waals surface area contributed by atoms with Crippen molar-refractivity contribution in [2.45, 2.75) is 45.1 Å². The summed E-state index contributed by atoms with van der Waals surface area (Å²) in [6.45, 7) is 11.4. The zero-order valence-electron chi connectivity index (χ0n) is 13.2. The minimum atomic E-state index is -0.284. The monoisotopic (exact) mass is 273 g/mol. The summed E-state index contributed by atoms with van der Waals surface area (Å²) in [5.41, 5.74) is 5.75. The van der Waals surface area contributed by atoms with Crippen LogP contribution in [0.4, 0.5) is 0 Å². The van der Waals surface area contributed by atoms with Gasteiger partial charge in [0.25, 0.3) is 0 Å². The Kier molecular flexibility index (Phi) is 6.69. The molecular weight excluding hydrogens is 242 g/mol. The van der Waals surface area contributed by atoms with Gasteiger partial charge in [0.2, 0.25) is 0 Å². The highest BCUT2D eigenvalue weighted by Crippen LogP contribution is 2.28. The van der Waals surface area contributed by atoms with Gasteiger partial charge in [0, 0.05) is 39.9 Å². The van der Waals surface area contributed by atoms with Crippen molar-refractivity contribution < 1.29 is 9.47 Å². The maximum Gasteiger partial charge on any atom is 0.176 e. The second kappa shape index (κ2) is 7.55. The second-order valence-corrected chi connectivity index (χ2v) is 5.47. The molecule has 0 aromatic rings. The molecule has 1 saturated heterocycles. The molecule has 0 aromatic heterocycles. The highest BCUT2D eigenvalue weighted by molar-refractivity contribution is 4.97. The summed E-state index contributed by atoms with van der Waals surface area (Å²) >= 11 is 0. The summed E-state index contributed by atoms with van der Waals surface area (Å²) in [4.78, 5) is 4.94. The third-order valence-electron chi connectivity index (χ3n) is 4.56. The molecule has 2 unspecified atom stereocenters. The topological polar surface area (TPSA) is 51.0 Å². The van der Waals surface area contributed by atoms with Gasteiger partial charge in [-0.3, -0.25) is 9.80 Å². The van der Waals surface area contributed by atoms with E-state index in [0.717, 1.165) is 26.2 Å². The van der Waals surface area contributed by atoms with Crippen molar-refractivity contribution in [3.05, 3.63) is 0 Å². The molecule has 0 bridgehead atoms. The SMILES string of the molecule is CCN(CC)C1CCN(C(C)(CN)C(OC)OC)C1. The predicted molar refractivity (Wildman–Crippen MR) is 78.2 cm³/mol. The van der Waals surface area contributed by atoms with E-state index in [4.69, 9.17) is 15.2 Å². The number of nitrogens with two attached hydrogens (primary N) is 1. The van der Waals surface area contributed by atoms with E-state index in [-0.39, 0.29) is 11.8 Å². The van der Waals surface area contributed by atoms with E-state index in [2.05, 4.69) is 30.6 Å². The van der Waals surface area contributed by atoms with Crippen molar-refractivity contribution in [1.29, 1.82) is 0 Å². The van der Waals surface area contributed by atoms with Crippen LogP contribution < -0.4 is 5.73 Å². The van der Waals surface area contributed by atoms with Crippen LogP contribution >= 0.6 is 0 Å². The molecule has 0 saturated carbocycles. The van der Waals surface area contributed by atoms with Crippen LogP contribution in [0.2, 0.25) is 0 Å². The van der Waals surface area contributed by atoms with Crippen LogP contribution in [0.5, 0.6) is 0 Å². The molecule has 2 atom stereocenters. The van der Waals surface area contributed by atoms with E-state index in [0.29, 0.717) is 12.6 Å². The molecule has 1 rings (SSSR count). The van der Waals surface area contributed by atoms with Crippen molar-refractivity contribution in [1.82, 2.24) is 9.80 Å². The Morgan fingerprint density at radius 1 is 1.32 bits per heavy atom. The maximum atomic E-state index is 6.01. The van der Waals surface area contributed by atoms with Gasteiger partial charge in [0.1, 0.15) is 0 Å². The van der Waals surface area contributed by atoms with Gasteiger partial charge < -0.3 is 15.2 Å². The van der Waals surface area contributed by atoms with Crippen LogP contribution in [0.25, 0.3) is 0 Å². The maximum absolute atomic E-state index is 6.01. The number of ether oxygens (including phenoxy) is 2. The van der Waals surface area contributed by atoms with Gasteiger partial charge >= 0.3 is 0 Å². The van der Waals surface area contributed by atoms with E-state index in [1.54, 1.807) is 14.2 Å². The highest BCUT2D eigenvalue weighted by Gasteiger charge is 2.43. The fourth-order valence-corrected chi connectivity index (χ4v) is 3.22. The van der Waals surface area contributed by atoms with E-state index in [1.807, 2.05) is 0 Å². The smallest absolute Gasteiger partial charge is 0.176 e. The number of rotatable bonds is 8. The van der Waals surface area contributed by atoms with Gasteiger partial charge in [-0.2, -0.15) is 0 Å². The lowest BCUT2D eigenvalue weighted by atomic mass is 9.99. The summed E-state index contributed by atoms with van der Waals surface area (Å²) in [7, 11) is 3.36. The fourth-order valence-electron chi connectivity index (χ4n) is 3.22. The van der Waals surface area contributed by atoms with Crippen LogP contribution in [0, 0.1) is 0 Å². The number of hydrogen-bond donors (Lipinski definition) is 1. The Labute approximate surface area is 118 Å². The molecule has 1 fully saturated rings. The Hall–Kier alpha value is -0.200. The first-order valence-electron chi connectivity index (χ1n) is 7.32. The second-order valence-electron chi connectivity index (χ2n) is 5.47. The molecule has 2 N–H and O–H groups in total. The molecule has 0 aromatic carbocycles. The lowest BCUT2D eigenvalue weighted by Crippen LogP contribution is -2.60. The largest absolute Gasteiger partial charge is 0.354 e. The zero-order valence-corrected chi connectivity index (χ0v) is 13.2. The van der Waals surface area contributed by atoms with Gasteiger partial charge in [-0.25, -0.2) is 0 Å². The first-order chi connectivity index (χ1) is 9.07. The molecule has 5 heteroatoms. The third kappa shape index (κ3) is 3.47. The number of nitrogens with zero attached hydrogens (tertiary/aromatic N) is 2. The van der Waals surface area contributed by atoms with Crippen LogP contribution in [-0.4, -0.2) is 74.6 Å². The standard InChI is InChI=1S/C14H31N3O2/c1-6-16(7-2)12-8-9-17(10-12)14(3,11-15)13(18-4)19-5/h12-13H,6-11,15H2,1-5H3. The molecule has 19 heavy (non-hydrogen) atoms. The van der Waals surface area contributed by atoms with Gasteiger partial charge in [-0.05, 0) is 26.4 Å². The van der Waals surface area contributed by atoms with Gasteiger partial charge in [-0.1, -0.05) is 13.8 Å². The Morgan fingerprint density at radius 2 is 1.89 bits per heavy atom. The average molecular weight is 273 g/mol. The quantitative estimate of drug-likeness (QED) is 0.661. The van der Waals surface area contributed by atoms with E-state index < -0.39 is 0 Å². The molecule has 0 spiro atoms. The Bertz CT molecular complexity index is 257. The predicted octanol–water partition coefficient (Wildman–Crippen LogP) is 0.739. The van der Waals surface area contributed by atoms with E-state index in [1.165, 1.54) is 6.42 Å². The first-order valence-corrected chi connectivity index (χ1v) is 7.32. The Balaban J connectivity index is 2.74. The van der Waals surface area contributed by atoms with Gasteiger partial charge in [-0.15, -0.1) is 0 Å². The van der Waals surface area contributed by atoms with Crippen molar-refractivity contribution in [3.8, 4) is 0 Å².